The van der Waals surface area contributed by atoms with Gasteiger partial charge in [-0.15, -0.1) is 0 Å². The maximum absolute atomic E-state index is 16.0. The number of hydrogen-bond acceptors (Lipinski definition) is 7. The number of halogens is 2. The molecule has 3 atom stereocenters. The van der Waals surface area contributed by atoms with E-state index in [1.807, 2.05) is 4.90 Å². The monoisotopic (exact) mass is 943 g/mol. The molecular formula is C57H116F2N4O3. The van der Waals surface area contributed by atoms with Gasteiger partial charge in [-0.1, -0.05) is 240 Å². The Bertz CT molecular complexity index is 961. The van der Waals surface area contributed by atoms with Crippen LogP contribution in [0.5, 0.6) is 0 Å². The van der Waals surface area contributed by atoms with Crippen molar-refractivity contribution in [1.82, 2.24) is 19.6 Å². The molecule has 1 saturated heterocycles. The van der Waals surface area contributed by atoms with Gasteiger partial charge in [-0.05, 0) is 32.2 Å². The number of aliphatic hydroxyl groups excluding tert-OH is 3. The molecule has 0 aromatic heterocycles. The first-order valence-corrected chi connectivity index (χ1v) is 29.4. The largest absolute Gasteiger partial charge is 0.392 e. The number of nitrogens with zero attached hydrogens (tertiary/aromatic N) is 4. The number of piperazine rings is 1. The minimum Gasteiger partial charge on any atom is -0.392 e. The summed E-state index contributed by atoms with van der Waals surface area (Å²) in [6, 6.07) is 0. The first kappa shape index (κ1) is 63.6. The molecule has 1 rings (SSSR count). The van der Waals surface area contributed by atoms with Gasteiger partial charge in [0.15, 0.2) is 0 Å². The lowest BCUT2D eigenvalue weighted by Gasteiger charge is -2.38. The minimum absolute atomic E-state index is 0.192. The van der Waals surface area contributed by atoms with Crippen LogP contribution >= 0.6 is 0 Å². The van der Waals surface area contributed by atoms with Crippen LogP contribution in [0.25, 0.3) is 0 Å². The number of aliphatic hydroxyl groups is 3. The zero-order chi connectivity index (χ0) is 48.2. The number of rotatable bonds is 51. The van der Waals surface area contributed by atoms with Crippen LogP contribution < -0.4 is 0 Å². The third-order valence-electron chi connectivity index (χ3n) is 14.5. The zero-order valence-corrected chi connectivity index (χ0v) is 44.8. The van der Waals surface area contributed by atoms with Crippen molar-refractivity contribution in [2.75, 3.05) is 78.5 Å². The van der Waals surface area contributed by atoms with Gasteiger partial charge in [-0.25, -0.2) is 8.78 Å². The van der Waals surface area contributed by atoms with Crippen molar-refractivity contribution >= 4 is 0 Å². The first-order valence-electron chi connectivity index (χ1n) is 29.4. The molecule has 7 nitrogen and oxygen atoms in total. The van der Waals surface area contributed by atoms with E-state index in [4.69, 9.17) is 0 Å². The third-order valence-corrected chi connectivity index (χ3v) is 14.5. The average Bonchev–Trinajstić information content (AvgIpc) is 3.28. The van der Waals surface area contributed by atoms with Crippen molar-refractivity contribution in [3.8, 4) is 0 Å². The second kappa shape index (κ2) is 45.7. The highest BCUT2D eigenvalue weighted by Gasteiger charge is 2.36. The summed E-state index contributed by atoms with van der Waals surface area (Å²) in [5, 5.41) is 33.2. The van der Waals surface area contributed by atoms with Gasteiger partial charge in [-0.2, -0.15) is 0 Å². The Balaban J connectivity index is 2.66. The summed E-state index contributed by atoms with van der Waals surface area (Å²) in [6.45, 7) is 15.1. The fraction of sp³-hybridized carbons (Fsp3) is 1.00. The Hall–Kier alpha value is -0.420. The molecule has 3 unspecified atom stereocenters. The van der Waals surface area contributed by atoms with E-state index in [1.165, 1.54) is 186 Å². The summed E-state index contributed by atoms with van der Waals surface area (Å²) in [5.74, 6) is -2.93. The van der Waals surface area contributed by atoms with E-state index in [0.717, 1.165) is 77.8 Å². The zero-order valence-electron chi connectivity index (χ0n) is 44.8. The predicted molar refractivity (Wildman–Crippen MR) is 282 cm³/mol. The van der Waals surface area contributed by atoms with Crippen LogP contribution in [0, 0.1) is 0 Å². The fourth-order valence-corrected chi connectivity index (χ4v) is 10.2. The number of alkyl halides is 2. The molecule has 0 bridgehead atoms. The molecule has 0 spiro atoms. The molecule has 0 aliphatic carbocycles. The highest BCUT2D eigenvalue weighted by Crippen LogP contribution is 2.22. The molecule has 9 heteroatoms. The van der Waals surface area contributed by atoms with E-state index in [1.54, 1.807) is 4.90 Å². The van der Waals surface area contributed by atoms with Crippen LogP contribution in [0.4, 0.5) is 8.78 Å². The lowest BCUT2D eigenvalue weighted by molar-refractivity contribution is -0.0759. The SMILES string of the molecule is CCCCCCCCCCCCN(CCN1CCN(CC(F)(F)CN(CC(O)CCCCCCCCCC)CC(O)CCCCCCCCCC)CC1)CC(O)CCCCCCCCCC. The second-order valence-corrected chi connectivity index (χ2v) is 21.4. The van der Waals surface area contributed by atoms with Gasteiger partial charge in [0, 0.05) is 58.9 Å². The van der Waals surface area contributed by atoms with E-state index >= 15 is 8.78 Å². The summed E-state index contributed by atoms with van der Waals surface area (Å²) in [6.07, 6.45) is 43.0. The van der Waals surface area contributed by atoms with Crippen LogP contribution in [0.3, 0.4) is 0 Å². The summed E-state index contributed by atoms with van der Waals surface area (Å²) in [7, 11) is 0. The van der Waals surface area contributed by atoms with Crippen LogP contribution in [0.15, 0.2) is 0 Å². The summed E-state index contributed by atoms with van der Waals surface area (Å²) in [5.41, 5.74) is 0. The van der Waals surface area contributed by atoms with Crippen LogP contribution in [0.1, 0.15) is 265 Å². The third kappa shape index (κ3) is 40.3. The highest BCUT2D eigenvalue weighted by molar-refractivity contribution is 4.83. The Labute approximate surface area is 410 Å². The van der Waals surface area contributed by atoms with Crippen molar-refractivity contribution in [1.29, 1.82) is 0 Å². The van der Waals surface area contributed by atoms with Crippen molar-refractivity contribution in [2.45, 2.75) is 289 Å². The predicted octanol–water partition coefficient (Wildman–Crippen LogP) is 14.4. The Morgan fingerprint density at radius 2 is 0.667 bits per heavy atom. The molecular weight excluding hydrogens is 827 g/mol. The Kier molecular flexibility index (Phi) is 44.0. The number of unbranched alkanes of at least 4 members (excludes halogenated alkanes) is 30. The van der Waals surface area contributed by atoms with Crippen LogP contribution in [0.2, 0.25) is 0 Å². The standard InChI is InChI=1S/C57H116F2N4O3/c1-5-9-13-17-21-25-26-30-34-38-42-61(49-54(64)39-35-31-27-22-18-14-10-6-2)46-43-60-44-47-62(48-45-60)52-57(58,59)53-63(50-55(65)40-36-32-28-23-19-15-11-7-3)51-56(66)41-37-33-29-24-20-16-12-8-4/h54-56,64-66H,5-53H2,1-4H3. The lowest BCUT2D eigenvalue weighted by atomic mass is 10.0. The van der Waals surface area contributed by atoms with Crippen molar-refractivity contribution in [3.63, 3.8) is 0 Å². The molecule has 0 amide bonds. The second-order valence-electron chi connectivity index (χ2n) is 21.4. The van der Waals surface area contributed by atoms with Crippen molar-refractivity contribution in [2.24, 2.45) is 0 Å². The molecule has 1 fully saturated rings. The quantitative estimate of drug-likeness (QED) is 0.0525. The molecule has 1 heterocycles. The van der Waals surface area contributed by atoms with Gasteiger partial charge in [0.05, 0.1) is 31.4 Å². The lowest BCUT2D eigenvalue weighted by Crippen LogP contribution is -2.54. The summed E-state index contributed by atoms with van der Waals surface area (Å²) >= 11 is 0. The van der Waals surface area contributed by atoms with Gasteiger partial charge >= 0.3 is 0 Å². The van der Waals surface area contributed by atoms with Crippen LogP contribution in [-0.4, -0.2) is 138 Å². The van der Waals surface area contributed by atoms with E-state index in [9.17, 15) is 15.3 Å². The van der Waals surface area contributed by atoms with E-state index in [0.29, 0.717) is 25.9 Å². The van der Waals surface area contributed by atoms with Gasteiger partial charge in [0.1, 0.15) is 0 Å². The van der Waals surface area contributed by atoms with Gasteiger partial charge in [0.25, 0.3) is 5.92 Å². The number of hydrogen-bond donors (Lipinski definition) is 3. The van der Waals surface area contributed by atoms with Crippen LogP contribution in [-0.2, 0) is 0 Å². The molecule has 0 aromatic carbocycles. The Morgan fingerprint density at radius 3 is 1.02 bits per heavy atom. The van der Waals surface area contributed by atoms with Crippen molar-refractivity contribution in [3.05, 3.63) is 0 Å². The minimum atomic E-state index is -2.93. The van der Waals surface area contributed by atoms with E-state index in [2.05, 4.69) is 37.5 Å². The Morgan fingerprint density at radius 1 is 0.379 bits per heavy atom. The van der Waals surface area contributed by atoms with Gasteiger partial charge in [-0.3, -0.25) is 19.6 Å². The molecule has 0 radical (unpaired) electrons. The molecule has 1 aliphatic rings. The smallest absolute Gasteiger partial charge is 0.272 e. The average molecular weight is 944 g/mol. The maximum Gasteiger partial charge on any atom is 0.272 e. The van der Waals surface area contributed by atoms with Gasteiger partial charge < -0.3 is 15.3 Å². The molecule has 0 aromatic rings. The topological polar surface area (TPSA) is 73.7 Å². The molecule has 1 aliphatic heterocycles. The molecule has 66 heavy (non-hydrogen) atoms. The highest BCUT2D eigenvalue weighted by atomic mass is 19.3. The summed E-state index contributed by atoms with van der Waals surface area (Å²) in [4.78, 5) is 8.52. The first-order chi connectivity index (χ1) is 32.1. The molecule has 0 saturated carbocycles. The molecule has 3 N–H and O–H groups in total. The van der Waals surface area contributed by atoms with E-state index < -0.39 is 24.7 Å². The fourth-order valence-electron chi connectivity index (χ4n) is 10.2. The molecule has 396 valence electrons. The van der Waals surface area contributed by atoms with Gasteiger partial charge in [0.2, 0.25) is 0 Å². The maximum atomic E-state index is 16.0. The van der Waals surface area contributed by atoms with Crippen molar-refractivity contribution < 1.29 is 24.1 Å². The summed E-state index contributed by atoms with van der Waals surface area (Å²) < 4.78 is 31.9. The van der Waals surface area contributed by atoms with E-state index in [-0.39, 0.29) is 25.7 Å². The normalized spacial score (nSPS) is 15.7.